The van der Waals surface area contributed by atoms with E-state index >= 15 is 0 Å². The fraction of sp³-hybridized carbons (Fsp3) is 0.125. The molecule has 0 atom stereocenters. The van der Waals surface area contributed by atoms with Gasteiger partial charge in [0.15, 0.2) is 0 Å². The van der Waals surface area contributed by atoms with Crippen molar-refractivity contribution in [1.29, 1.82) is 0 Å². The zero-order valence-electron chi connectivity index (χ0n) is 6.25. The van der Waals surface area contributed by atoms with Gasteiger partial charge in [0.1, 0.15) is 0 Å². The quantitative estimate of drug-likeness (QED) is 0.688. The molecule has 12 heavy (non-hydrogen) atoms. The molecule has 0 fully saturated rings. The van der Waals surface area contributed by atoms with Crippen LogP contribution in [0.25, 0.3) is 0 Å². The van der Waals surface area contributed by atoms with Crippen molar-refractivity contribution < 1.29 is 9.90 Å². The van der Waals surface area contributed by atoms with Crippen LogP contribution < -0.4 is 5.73 Å². The number of anilines is 1. The van der Waals surface area contributed by atoms with Gasteiger partial charge in [-0.2, -0.15) is 0 Å². The van der Waals surface area contributed by atoms with Gasteiger partial charge in [-0.05, 0) is 11.6 Å². The molecule has 0 saturated carbocycles. The Morgan fingerprint density at radius 2 is 2.25 bits per heavy atom. The Kier molecular flexibility index (Phi) is 2.55. The van der Waals surface area contributed by atoms with Crippen molar-refractivity contribution >= 4 is 23.3 Å². The number of rotatable bonds is 2. The molecule has 3 N–H and O–H groups in total. The van der Waals surface area contributed by atoms with Crippen LogP contribution in [0.3, 0.4) is 0 Å². The first-order valence-corrected chi connectivity index (χ1v) is 3.73. The first kappa shape index (κ1) is 8.87. The van der Waals surface area contributed by atoms with E-state index in [2.05, 4.69) is 0 Å². The van der Waals surface area contributed by atoms with Gasteiger partial charge in [-0.3, -0.25) is 4.79 Å². The molecule has 4 heteroatoms. The highest BCUT2D eigenvalue weighted by molar-refractivity contribution is 6.33. The van der Waals surface area contributed by atoms with Gasteiger partial charge in [-0.25, -0.2) is 0 Å². The summed E-state index contributed by atoms with van der Waals surface area (Å²) in [5, 5.41) is 8.88. The highest BCUT2D eigenvalue weighted by atomic mass is 35.5. The van der Waals surface area contributed by atoms with E-state index in [-0.39, 0.29) is 6.42 Å². The zero-order valence-corrected chi connectivity index (χ0v) is 7.01. The molecule has 0 aliphatic carbocycles. The van der Waals surface area contributed by atoms with Gasteiger partial charge in [0.05, 0.1) is 17.1 Å². The van der Waals surface area contributed by atoms with E-state index in [1.807, 2.05) is 0 Å². The molecule has 0 aromatic heterocycles. The molecule has 1 rings (SSSR count). The molecule has 0 amide bonds. The number of para-hydroxylation sites is 1. The van der Waals surface area contributed by atoms with Gasteiger partial charge >= 0.3 is 5.97 Å². The number of hydrogen-bond acceptors (Lipinski definition) is 2. The van der Waals surface area contributed by atoms with E-state index < -0.39 is 5.97 Å². The summed E-state index contributed by atoms with van der Waals surface area (Å²) in [5.41, 5.74) is 6.44. The van der Waals surface area contributed by atoms with Gasteiger partial charge < -0.3 is 10.8 Å². The maximum absolute atomic E-state index is 10.3. The van der Waals surface area contributed by atoms with Crippen molar-refractivity contribution in [2.45, 2.75) is 6.42 Å². The molecule has 0 spiro atoms. The number of carboxylic acid groups (broad SMARTS) is 1. The van der Waals surface area contributed by atoms with Crippen LogP contribution in [0.5, 0.6) is 0 Å². The highest BCUT2D eigenvalue weighted by Crippen LogP contribution is 2.22. The maximum atomic E-state index is 10.3. The molecule has 0 unspecified atom stereocenters. The molecule has 0 aliphatic rings. The van der Waals surface area contributed by atoms with Crippen molar-refractivity contribution in [2.24, 2.45) is 0 Å². The molecule has 0 saturated heterocycles. The summed E-state index contributed by atoms with van der Waals surface area (Å²) < 4.78 is 0. The van der Waals surface area contributed by atoms with Crippen LogP contribution in [-0.4, -0.2) is 11.1 Å². The summed E-state index contributed by atoms with van der Waals surface area (Å²) in [4.78, 5) is 10.3. The Balaban J connectivity index is 3.00. The number of halogens is 1. The van der Waals surface area contributed by atoms with E-state index in [9.17, 15) is 4.79 Å². The Labute approximate surface area is 74.8 Å². The minimum absolute atomic E-state index is 0.0909. The fourth-order valence-electron chi connectivity index (χ4n) is 0.899. The second kappa shape index (κ2) is 3.45. The molecule has 0 bridgehead atoms. The fourth-order valence-corrected chi connectivity index (χ4v) is 1.09. The summed E-state index contributed by atoms with van der Waals surface area (Å²) in [6.45, 7) is 0. The summed E-state index contributed by atoms with van der Waals surface area (Å²) in [7, 11) is 0. The van der Waals surface area contributed by atoms with Gasteiger partial charge in [-0.15, -0.1) is 0 Å². The molecular formula is C8H8ClNO2. The van der Waals surface area contributed by atoms with Crippen LogP contribution in [0.2, 0.25) is 5.02 Å². The normalized spacial score (nSPS) is 9.75. The van der Waals surface area contributed by atoms with Crippen molar-refractivity contribution in [3.8, 4) is 0 Å². The number of hydrogen-bond donors (Lipinski definition) is 2. The van der Waals surface area contributed by atoms with E-state index in [0.717, 1.165) is 0 Å². The van der Waals surface area contributed by atoms with Crippen LogP contribution >= 0.6 is 11.6 Å². The molecule has 64 valence electrons. The Hall–Kier alpha value is -1.22. The third kappa shape index (κ3) is 1.89. The number of benzene rings is 1. The monoisotopic (exact) mass is 185 g/mol. The first-order chi connectivity index (χ1) is 5.61. The summed E-state index contributed by atoms with van der Waals surface area (Å²) in [6.07, 6.45) is -0.0909. The predicted molar refractivity (Wildman–Crippen MR) is 47.2 cm³/mol. The second-order valence-electron chi connectivity index (χ2n) is 2.38. The van der Waals surface area contributed by atoms with Crippen LogP contribution in [0.4, 0.5) is 5.69 Å². The second-order valence-corrected chi connectivity index (χ2v) is 2.79. The minimum Gasteiger partial charge on any atom is -0.481 e. The molecule has 1 aromatic rings. The van der Waals surface area contributed by atoms with Gasteiger partial charge in [0, 0.05) is 0 Å². The van der Waals surface area contributed by atoms with Crippen LogP contribution in [0.1, 0.15) is 5.56 Å². The SMILES string of the molecule is Nc1c(Cl)cccc1CC(=O)O. The standard InChI is InChI=1S/C8H8ClNO2/c9-6-3-1-2-5(8(6)10)4-7(11)12/h1-3H,4,10H2,(H,11,12). The third-order valence-corrected chi connectivity index (χ3v) is 1.81. The molecule has 0 radical (unpaired) electrons. The average molecular weight is 186 g/mol. The maximum Gasteiger partial charge on any atom is 0.307 e. The number of carbonyl (C=O) groups is 1. The lowest BCUT2D eigenvalue weighted by Crippen LogP contribution is -2.03. The zero-order chi connectivity index (χ0) is 9.14. The van der Waals surface area contributed by atoms with Gasteiger partial charge in [0.25, 0.3) is 0 Å². The number of nitrogens with two attached hydrogens (primary N) is 1. The van der Waals surface area contributed by atoms with Crippen LogP contribution in [0.15, 0.2) is 18.2 Å². The average Bonchev–Trinajstić information content (AvgIpc) is 1.98. The largest absolute Gasteiger partial charge is 0.481 e. The summed E-state index contributed by atoms with van der Waals surface area (Å²) in [6, 6.07) is 4.95. The van der Waals surface area contributed by atoms with Crippen molar-refractivity contribution in [2.75, 3.05) is 5.73 Å². The molecular weight excluding hydrogens is 178 g/mol. The highest BCUT2D eigenvalue weighted by Gasteiger charge is 2.06. The lowest BCUT2D eigenvalue weighted by molar-refractivity contribution is -0.136. The van der Waals surface area contributed by atoms with Crippen molar-refractivity contribution in [1.82, 2.24) is 0 Å². The minimum atomic E-state index is -0.913. The summed E-state index contributed by atoms with van der Waals surface area (Å²) in [5.74, 6) is -0.913. The lowest BCUT2D eigenvalue weighted by Gasteiger charge is -2.03. The van der Waals surface area contributed by atoms with E-state index in [1.165, 1.54) is 0 Å². The van der Waals surface area contributed by atoms with Gasteiger partial charge in [0.2, 0.25) is 0 Å². The smallest absolute Gasteiger partial charge is 0.307 e. The predicted octanol–water partition coefficient (Wildman–Crippen LogP) is 1.55. The Morgan fingerprint density at radius 1 is 1.58 bits per heavy atom. The number of carboxylic acids is 1. The molecule has 1 aromatic carbocycles. The third-order valence-electron chi connectivity index (χ3n) is 1.48. The van der Waals surface area contributed by atoms with Crippen molar-refractivity contribution in [3.63, 3.8) is 0 Å². The molecule has 0 heterocycles. The van der Waals surface area contributed by atoms with Crippen LogP contribution in [0, 0.1) is 0 Å². The first-order valence-electron chi connectivity index (χ1n) is 3.36. The van der Waals surface area contributed by atoms with E-state index in [4.69, 9.17) is 22.4 Å². The van der Waals surface area contributed by atoms with Gasteiger partial charge in [-0.1, -0.05) is 23.7 Å². The summed E-state index contributed by atoms with van der Waals surface area (Å²) >= 11 is 5.68. The Morgan fingerprint density at radius 3 is 2.83 bits per heavy atom. The van der Waals surface area contributed by atoms with E-state index in [1.54, 1.807) is 18.2 Å². The van der Waals surface area contributed by atoms with Crippen LogP contribution in [-0.2, 0) is 11.2 Å². The lowest BCUT2D eigenvalue weighted by atomic mass is 10.1. The Bertz CT molecular complexity index is 312. The molecule has 3 nitrogen and oxygen atoms in total. The number of nitrogen functional groups attached to an aromatic ring is 1. The molecule has 0 aliphatic heterocycles. The van der Waals surface area contributed by atoms with E-state index in [0.29, 0.717) is 16.3 Å². The number of aliphatic carboxylic acids is 1. The van der Waals surface area contributed by atoms with Crippen molar-refractivity contribution in [3.05, 3.63) is 28.8 Å². The topological polar surface area (TPSA) is 63.3 Å².